The average Bonchev–Trinajstić information content (AvgIpc) is 3.94. The third-order valence-corrected chi connectivity index (χ3v) is 15.3. The Labute approximate surface area is 341 Å². The smallest absolute Gasteiger partial charge is 0.0838 e. The topological polar surface area (TPSA) is 9.23 Å². The van der Waals surface area contributed by atoms with E-state index in [4.69, 9.17) is 4.74 Å². The van der Waals surface area contributed by atoms with Gasteiger partial charge in [-0.2, -0.15) is 0 Å². The van der Waals surface area contributed by atoms with Gasteiger partial charge in [0.15, 0.2) is 0 Å². The summed E-state index contributed by atoms with van der Waals surface area (Å²) in [4.78, 5) is 8.60. The van der Waals surface area contributed by atoms with Crippen molar-refractivity contribution in [3.63, 3.8) is 0 Å². The number of methoxy groups -OCH3 is 1. The van der Waals surface area contributed by atoms with Gasteiger partial charge in [-0.05, 0) is 69.0 Å². The molecule has 0 aromatic carbocycles. The monoisotopic (exact) mass is 792 g/mol. The fraction of sp³-hybridized carbons (Fsp3) is 0.625. The van der Waals surface area contributed by atoms with E-state index in [1.165, 1.54) is 212 Å². The summed E-state index contributed by atoms with van der Waals surface area (Å²) in [7, 11) is 1.75. The number of thiophene rings is 4. The van der Waals surface area contributed by atoms with Crippen molar-refractivity contribution in [1.82, 2.24) is 0 Å². The van der Waals surface area contributed by atoms with E-state index in [0.29, 0.717) is 0 Å². The summed E-state index contributed by atoms with van der Waals surface area (Å²) in [6.07, 6.45) is 44.6. The number of hydrogen-bond acceptors (Lipinski definition) is 5. The Morgan fingerprint density at radius 1 is 0.453 bits per heavy atom. The van der Waals surface area contributed by atoms with Gasteiger partial charge in [-0.1, -0.05) is 161 Å². The van der Waals surface area contributed by atoms with E-state index in [1.807, 2.05) is 51.6 Å². The Kier molecular flexibility index (Phi) is 22.5. The molecule has 5 heteroatoms. The van der Waals surface area contributed by atoms with Crippen LogP contribution in [0.1, 0.15) is 194 Å². The fourth-order valence-corrected chi connectivity index (χ4v) is 12.3. The van der Waals surface area contributed by atoms with Gasteiger partial charge in [-0.3, -0.25) is 0 Å². The van der Waals surface area contributed by atoms with Gasteiger partial charge in [0.1, 0.15) is 0 Å². The minimum absolute atomic E-state index is 1.19. The molecule has 0 aliphatic rings. The summed E-state index contributed by atoms with van der Waals surface area (Å²) in [5.41, 5.74) is 2.81. The van der Waals surface area contributed by atoms with E-state index in [0.717, 1.165) is 0 Å². The summed E-state index contributed by atoms with van der Waals surface area (Å²) >= 11 is 7.89. The zero-order valence-electron chi connectivity index (χ0n) is 34.0. The molecule has 0 spiro atoms. The second kappa shape index (κ2) is 27.0. The molecule has 0 atom stereocenters. The molecule has 4 heterocycles. The van der Waals surface area contributed by atoms with Crippen molar-refractivity contribution in [2.45, 2.75) is 188 Å². The van der Waals surface area contributed by atoms with Crippen LogP contribution in [-0.4, -0.2) is 7.11 Å². The van der Waals surface area contributed by atoms with E-state index in [1.54, 1.807) is 12.0 Å². The van der Waals surface area contributed by atoms with Crippen LogP contribution in [0.3, 0.4) is 0 Å². The predicted octanol–water partition coefficient (Wildman–Crippen LogP) is 18.6. The molecule has 0 aliphatic heterocycles. The highest BCUT2D eigenvalue weighted by Crippen LogP contribution is 2.46. The highest BCUT2D eigenvalue weighted by atomic mass is 32.1. The lowest BCUT2D eigenvalue weighted by molar-refractivity contribution is 0.341. The molecule has 4 aromatic heterocycles. The van der Waals surface area contributed by atoms with Crippen molar-refractivity contribution in [1.29, 1.82) is 0 Å². The van der Waals surface area contributed by atoms with Gasteiger partial charge >= 0.3 is 0 Å². The number of aryl methyl sites for hydroxylation is 2. The van der Waals surface area contributed by atoms with Crippen LogP contribution in [0.15, 0.2) is 36.6 Å². The molecule has 1 nitrogen and oxygen atoms in total. The average molecular weight is 793 g/mol. The highest BCUT2D eigenvalue weighted by Gasteiger charge is 2.17. The Hall–Kier alpha value is -1.66. The molecule has 0 aliphatic carbocycles. The highest BCUT2D eigenvalue weighted by molar-refractivity contribution is 7.31. The maximum absolute atomic E-state index is 5.36. The first-order valence-electron chi connectivity index (χ1n) is 21.8. The first-order chi connectivity index (χ1) is 26.2. The largest absolute Gasteiger partial charge is 0.504 e. The van der Waals surface area contributed by atoms with Gasteiger partial charge in [0.05, 0.1) is 13.4 Å². The zero-order valence-corrected chi connectivity index (χ0v) is 37.3. The molecule has 0 unspecified atom stereocenters. The lowest BCUT2D eigenvalue weighted by atomic mass is 10.0. The van der Waals surface area contributed by atoms with Crippen molar-refractivity contribution in [2.75, 3.05) is 7.11 Å². The summed E-state index contributed by atoms with van der Waals surface area (Å²) in [6.45, 7) is 6.75. The SMILES string of the molecule is C/C=C/c1sc(CCCCCCCCCCCCCC)cc1-c1cc2sc(-c3cc(CCCCCCCCCCCCCC)sc3/C=C/OC)cc2s1. The number of ether oxygens (including phenoxy) is 1. The molecule has 0 amide bonds. The summed E-state index contributed by atoms with van der Waals surface area (Å²) < 4.78 is 8.18. The molecule has 53 heavy (non-hydrogen) atoms. The molecular formula is C48H72OS4. The van der Waals surface area contributed by atoms with Gasteiger partial charge < -0.3 is 4.74 Å². The third-order valence-electron chi connectivity index (χ3n) is 10.6. The van der Waals surface area contributed by atoms with E-state index >= 15 is 0 Å². The summed E-state index contributed by atoms with van der Waals surface area (Å²) in [5.74, 6) is 0. The van der Waals surface area contributed by atoms with Crippen LogP contribution in [0.25, 0.3) is 42.4 Å². The van der Waals surface area contributed by atoms with E-state index in [-0.39, 0.29) is 0 Å². The van der Waals surface area contributed by atoms with Crippen LogP contribution in [0.2, 0.25) is 0 Å². The second-order valence-corrected chi connectivity index (χ2v) is 19.8. The zero-order chi connectivity index (χ0) is 37.4. The molecule has 4 rings (SSSR count). The predicted molar refractivity (Wildman–Crippen MR) is 247 cm³/mol. The molecule has 0 saturated carbocycles. The minimum Gasteiger partial charge on any atom is -0.504 e. The minimum atomic E-state index is 1.19. The maximum atomic E-state index is 5.36. The van der Waals surface area contributed by atoms with Crippen LogP contribution in [0.4, 0.5) is 0 Å². The summed E-state index contributed by atoms with van der Waals surface area (Å²) in [5, 5.41) is 0. The van der Waals surface area contributed by atoms with Gasteiger partial charge in [0, 0.05) is 49.8 Å². The second-order valence-electron chi connectivity index (χ2n) is 15.2. The molecule has 4 aromatic rings. The van der Waals surface area contributed by atoms with Crippen molar-refractivity contribution in [3.05, 3.63) is 56.1 Å². The van der Waals surface area contributed by atoms with Crippen LogP contribution < -0.4 is 0 Å². The van der Waals surface area contributed by atoms with Crippen molar-refractivity contribution in [2.24, 2.45) is 0 Å². The first-order valence-corrected chi connectivity index (χ1v) is 25.0. The van der Waals surface area contributed by atoms with Gasteiger partial charge in [-0.15, -0.1) is 45.3 Å². The van der Waals surface area contributed by atoms with E-state index in [2.05, 4.69) is 63.3 Å². The van der Waals surface area contributed by atoms with Crippen LogP contribution in [0, 0.1) is 0 Å². The normalized spacial score (nSPS) is 12.1. The quantitative estimate of drug-likeness (QED) is 0.0364. The van der Waals surface area contributed by atoms with Crippen molar-refractivity contribution >= 4 is 66.9 Å². The summed E-state index contributed by atoms with van der Waals surface area (Å²) in [6, 6.07) is 9.88. The molecule has 0 saturated heterocycles. The molecule has 0 N–H and O–H groups in total. The third kappa shape index (κ3) is 16.2. The number of hydrogen-bond donors (Lipinski definition) is 0. The van der Waals surface area contributed by atoms with Crippen LogP contribution in [-0.2, 0) is 17.6 Å². The van der Waals surface area contributed by atoms with E-state index in [9.17, 15) is 0 Å². The fourth-order valence-electron chi connectivity index (χ4n) is 7.46. The van der Waals surface area contributed by atoms with Crippen LogP contribution >= 0.6 is 45.3 Å². The maximum Gasteiger partial charge on any atom is 0.0838 e. The van der Waals surface area contributed by atoms with Crippen LogP contribution in [0.5, 0.6) is 0 Å². The van der Waals surface area contributed by atoms with Crippen molar-refractivity contribution in [3.8, 4) is 20.9 Å². The van der Waals surface area contributed by atoms with Crippen molar-refractivity contribution < 1.29 is 4.74 Å². The number of unbranched alkanes of at least 4 members (excludes halogenated alkanes) is 22. The van der Waals surface area contributed by atoms with E-state index < -0.39 is 0 Å². The van der Waals surface area contributed by atoms with Gasteiger partial charge in [-0.25, -0.2) is 0 Å². The van der Waals surface area contributed by atoms with Gasteiger partial charge in [0.2, 0.25) is 0 Å². The number of fused-ring (bicyclic) bond motifs is 1. The Balaban J connectivity index is 1.26. The van der Waals surface area contributed by atoms with Gasteiger partial charge in [0.25, 0.3) is 0 Å². The lowest BCUT2D eigenvalue weighted by Crippen LogP contribution is -1.84. The standard InChI is InChI=1S/C48H72OS4/c1-5-8-10-12-14-16-18-20-22-24-26-28-31-39-35-41(43(50-39)30-7-3)45-37-47-48(52-45)38-46(53-47)42-36-40(51-44(42)33-34-49-4)32-29-27-25-23-21-19-17-15-13-11-9-6-2/h7,30,33-38H,5-6,8-29,31-32H2,1-4H3/b30-7+,34-33+. The molecule has 0 radical (unpaired) electrons. The Morgan fingerprint density at radius 2 is 0.811 bits per heavy atom. The molecule has 0 bridgehead atoms. The Bertz CT molecular complexity index is 1540. The molecular weight excluding hydrogens is 721 g/mol. The first kappa shape index (κ1) is 44.1. The number of allylic oxidation sites excluding steroid dienone is 1. The molecule has 294 valence electrons. The Morgan fingerprint density at radius 3 is 1.17 bits per heavy atom. The lowest BCUT2D eigenvalue weighted by Gasteiger charge is -2.02. The number of rotatable bonds is 31. The molecule has 0 fully saturated rings.